The van der Waals surface area contributed by atoms with Crippen molar-refractivity contribution in [2.75, 3.05) is 13.2 Å². The van der Waals surface area contributed by atoms with Gasteiger partial charge < -0.3 is 20.9 Å². The molecule has 1 aromatic rings. The minimum absolute atomic E-state index is 0. The van der Waals surface area contributed by atoms with E-state index in [0.717, 1.165) is 3.57 Å². The molecule has 0 saturated carbocycles. The van der Waals surface area contributed by atoms with Crippen molar-refractivity contribution in [2.45, 2.75) is 26.0 Å². The summed E-state index contributed by atoms with van der Waals surface area (Å²) in [6.07, 6.45) is -0.751. The first-order valence-corrected chi connectivity index (χ1v) is 7.57. The first-order chi connectivity index (χ1) is 9.40. The van der Waals surface area contributed by atoms with Gasteiger partial charge in [0.2, 0.25) is 5.91 Å². The van der Waals surface area contributed by atoms with Crippen LogP contribution in [0.15, 0.2) is 24.3 Å². The van der Waals surface area contributed by atoms with Crippen LogP contribution in [0.4, 0.5) is 0 Å². The lowest BCUT2D eigenvalue weighted by Crippen LogP contribution is -2.42. The fourth-order valence-electron chi connectivity index (χ4n) is 1.40. The van der Waals surface area contributed by atoms with Crippen LogP contribution in [0.5, 0.6) is 5.75 Å². The number of hydrogen-bond donors (Lipinski definition) is 3. The van der Waals surface area contributed by atoms with Gasteiger partial charge in [0.1, 0.15) is 18.5 Å². The van der Waals surface area contributed by atoms with Gasteiger partial charge in [-0.05, 0) is 53.8 Å². The highest BCUT2D eigenvalue weighted by Gasteiger charge is 2.17. The number of carbonyl (C=O) groups is 1. The zero-order valence-corrected chi connectivity index (χ0v) is 15.1. The molecule has 0 fully saturated rings. The van der Waals surface area contributed by atoms with Gasteiger partial charge in [0, 0.05) is 22.1 Å². The summed E-state index contributed by atoms with van der Waals surface area (Å²) in [5.74, 6) is 0.257. The van der Waals surface area contributed by atoms with Gasteiger partial charge in [-0.25, -0.2) is 0 Å². The Hall–Kier alpha value is -0.570. The number of hydrogen-bond acceptors (Lipinski definition) is 4. The summed E-state index contributed by atoms with van der Waals surface area (Å²) >= 11 is 2.21. The Labute approximate surface area is 145 Å². The van der Waals surface area contributed by atoms with E-state index in [4.69, 9.17) is 10.5 Å². The van der Waals surface area contributed by atoms with E-state index in [1.54, 1.807) is 13.8 Å². The fourth-order valence-corrected chi connectivity index (χ4v) is 1.76. The van der Waals surface area contributed by atoms with Crippen LogP contribution in [0.3, 0.4) is 0 Å². The lowest BCUT2D eigenvalue weighted by atomic mass is 10.0. The molecule has 21 heavy (non-hydrogen) atoms. The van der Waals surface area contributed by atoms with Crippen LogP contribution in [0, 0.1) is 9.49 Å². The molecule has 0 bridgehead atoms. The molecule has 0 saturated heterocycles. The topological polar surface area (TPSA) is 84.6 Å². The first-order valence-electron chi connectivity index (χ1n) is 6.50. The van der Waals surface area contributed by atoms with E-state index in [2.05, 4.69) is 27.9 Å². The van der Waals surface area contributed by atoms with Crippen LogP contribution in [0.2, 0.25) is 0 Å². The number of aliphatic hydroxyl groups is 1. The van der Waals surface area contributed by atoms with Crippen molar-refractivity contribution in [1.29, 1.82) is 0 Å². The fraction of sp³-hybridized carbons (Fsp3) is 0.500. The van der Waals surface area contributed by atoms with Gasteiger partial charge >= 0.3 is 0 Å². The number of aliphatic hydroxyl groups excluding tert-OH is 1. The molecule has 1 rings (SSSR count). The number of amides is 1. The van der Waals surface area contributed by atoms with Gasteiger partial charge in [-0.3, -0.25) is 4.79 Å². The van der Waals surface area contributed by atoms with Crippen LogP contribution in [-0.4, -0.2) is 36.3 Å². The van der Waals surface area contributed by atoms with E-state index in [9.17, 15) is 9.90 Å². The average Bonchev–Trinajstić information content (AvgIpc) is 2.43. The Morgan fingerprint density at radius 3 is 2.48 bits per heavy atom. The van der Waals surface area contributed by atoms with Crippen molar-refractivity contribution in [3.8, 4) is 5.75 Å². The van der Waals surface area contributed by atoms with Crippen LogP contribution in [0.25, 0.3) is 0 Å². The number of nitrogens with one attached hydrogen (secondary N) is 1. The molecule has 1 aromatic carbocycles. The number of ether oxygens (including phenoxy) is 1. The highest BCUT2D eigenvalue weighted by Crippen LogP contribution is 2.13. The predicted octanol–water partition coefficient (Wildman–Crippen LogP) is 1.55. The molecule has 0 heterocycles. The lowest BCUT2D eigenvalue weighted by molar-refractivity contribution is -0.125. The highest BCUT2D eigenvalue weighted by atomic mass is 127. The standard InChI is InChI=1S/C14H21IN2O3.ClH/c1-9(10(2)16)14(19)17-7-12(18)8-20-13-5-3-11(15)4-6-13;/h3-6,9-10,12,18H,7-8,16H2,1-2H3,(H,17,19);1H. The molecule has 1 amide bonds. The predicted molar refractivity (Wildman–Crippen MR) is 93.7 cm³/mol. The zero-order valence-electron chi connectivity index (χ0n) is 12.1. The number of nitrogens with two attached hydrogens (primary N) is 1. The minimum Gasteiger partial charge on any atom is -0.491 e. The Balaban J connectivity index is 0.00000400. The second-order valence-electron chi connectivity index (χ2n) is 4.81. The largest absolute Gasteiger partial charge is 0.491 e. The van der Waals surface area contributed by atoms with Crippen molar-refractivity contribution >= 4 is 40.9 Å². The summed E-state index contributed by atoms with van der Waals surface area (Å²) < 4.78 is 6.55. The van der Waals surface area contributed by atoms with Gasteiger partial charge in [-0.15, -0.1) is 12.4 Å². The smallest absolute Gasteiger partial charge is 0.224 e. The minimum atomic E-state index is -0.751. The number of carbonyl (C=O) groups excluding carboxylic acids is 1. The third-order valence-corrected chi connectivity index (χ3v) is 3.69. The SMILES string of the molecule is CC(N)C(C)C(=O)NCC(O)COc1ccc(I)cc1.Cl. The Morgan fingerprint density at radius 1 is 1.38 bits per heavy atom. The molecule has 5 nitrogen and oxygen atoms in total. The van der Waals surface area contributed by atoms with E-state index in [1.807, 2.05) is 24.3 Å². The van der Waals surface area contributed by atoms with Gasteiger partial charge in [0.25, 0.3) is 0 Å². The summed E-state index contributed by atoms with van der Waals surface area (Å²) in [5.41, 5.74) is 5.64. The van der Waals surface area contributed by atoms with Gasteiger partial charge in [0.15, 0.2) is 0 Å². The molecule has 3 atom stereocenters. The molecule has 3 unspecified atom stereocenters. The zero-order chi connectivity index (χ0) is 15.1. The van der Waals surface area contributed by atoms with Crippen LogP contribution >= 0.6 is 35.0 Å². The van der Waals surface area contributed by atoms with Crippen molar-refractivity contribution in [3.63, 3.8) is 0 Å². The molecule has 120 valence electrons. The monoisotopic (exact) mass is 428 g/mol. The Morgan fingerprint density at radius 2 is 1.95 bits per heavy atom. The summed E-state index contributed by atoms with van der Waals surface area (Å²) in [5, 5.41) is 12.4. The average molecular weight is 429 g/mol. The first kappa shape index (κ1) is 20.4. The quantitative estimate of drug-likeness (QED) is 0.575. The molecule has 0 aliphatic rings. The number of rotatable bonds is 7. The maximum Gasteiger partial charge on any atom is 0.224 e. The van der Waals surface area contributed by atoms with Crippen molar-refractivity contribution in [3.05, 3.63) is 27.8 Å². The van der Waals surface area contributed by atoms with Gasteiger partial charge in [-0.1, -0.05) is 6.92 Å². The second-order valence-corrected chi connectivity index (χ2v) is 6.06. The number of halogens is 2. The maximum atomic E-state index is 11.7. The van der Waals surface area contributed by atoms with E-state index in [1.165, 1.54) is 0 Å². The molecule has 7 heteroatoms. The molecule has 4 N–H and O–H groups in total. The normalized spacial score (nSPS) is 14.5. The molecular formula is C14H22ClIN2O3. The molecule has 0 aliphatic carbocycles. The Bertz CT molecular complexity index is 429. The van der Waals surface area contributed by atoms with Crippen LogP contribution in [0.1, 0.15) is 13.8 Å². The molecule has 0 aliphatic heterocycles. The van der Waals surface area contributed by atoms with Gasteiger partial charge in [-0.2, -0.15) is 0 Å². The summed E-state index contributed by atoms with van der Waals surface area (Å²) in [7, 11) is 0. The molecule has 0 radical (unpaired) electrons. The lowest BCUT2D eigenvalue weighted by Gasteiger charge is -2.17. The summed E-state index contributed by atoms with van der Waals surface area (Å²) in [6.45, 7) is 3.82. The van der Waals surface area contributed by atoms with E-state index in [0.29, 0.717) is 5.75 Å². The van der Waals surface area contributed by atoms with Crippen molar-refractivity contribution < 1.29 is 14.6 Å². The van der Waals surface area contributed by atoms with Gasteiger partial charge in [0.05, 0.1) is 0 Å². The van der Waals surface area contributed by atoms with E-state index in [-0.39, 0.29) is 43.4 Å². The van der Waals surface area contributed by atoms with E-state index < -0.39 is 6.10 Å². The van der Waals surface area contributed by atoms with Crippen molar-refractivity contribution in [2.24, 2.45) is 11.7 Å². The third-order valence-electron chi connectivity index (χ3n) is 2.97. The van der Waals surface area contributed by atoms with Crippen LogP contribution in [-0.2, 0) is 4.79 Å². The summed E-state index contributed by atoms with van der Waals surface area (Å²) in [6, 6.07) is 7.31. The molecular weight excluding hydrogens is 407 g/mol. The van der Waals surface area contributed by atoms with Crippen molar-refractivity contribution in [1.82, 2.24) is 5.32 Å². The van der Waals surface area contributed by atoms with Crippen LogP contribution < -0.4 is 15.8 Å². The molecule has 0 spiro atoms. The Kier molecular flexibility index (Phi) is 9.93. The maximum absolute atomic E-state index is 11.7. The van der Waals surface area contributed by atoms with E-state index >= 15 is 0 Å². The summed E-state index contributed by atoms with van der Waals surface area (Å²) in [4.78, 5) is 11.7. The third kappa shape index (κ3) is 7.85. The number of benzene rings is 1. The second kappa shape index (κ2) is 10.2. The molecule has 0 aromatic heterocycles. The highest BCUT2D eigenvalue weighted by molar-refractivity contribution is 14.1.